The van der Waals surface area contributed by atoms with Crippen molar-refractivity contribution in [2.24, 2.45) is 7.05 Å². The van der Waals surface area contributed by atoms with Crippen LogP contribution < -0.4 is 4.57 Å². The van der Waals surface area contributed by atoms with E-state index in [4.69, 9.17) is 14.7 Å². The minimum absolute atomic E-state index is 1.15. The molecule has 0 spiro atoms. The number of unbranched alkanes of at least 4 members (excludes halogenated alkanes) is 1. The van der Waals surface area contributed by atoms with Gasteiger partial charge in [-0.25, -0.2) is 9.13 Å². The van der Waals surface area contributed by atoms with Crippen LogP contribution in [0.15, 0.2) is 18.7 Å². The minimum atomic E-state index is -7.05. The van der Waals surface area contributed by atoms with Crippen LogP contribution in [0.5, 0.6) is 0 Å². The number of halogens is 2. The topological polar surface area (TPSA) is 69.5 Å². The number of hydrogen-bond acceptors (Lipinski definition) is 3. The Morgan fingerprint density at radius 1 is 1.31 bits per heavy atom. The van der Waals surface area contributed by atoms with Gasteiger partial charge in [0.1, 0.15) is 12.4 Å². The summed E-state index contributed by atoms with van der Waals surface area (Å²) in [5.41, 5.74) is 0. The molecule has 0 aliphatic heterocycles. The van der Waals surface area contributed by atoms with Crippen molar-refractivity contribution in [1.29, 1.82) is 0 Å². The van der Waals surface area contributed by atoms with Crippen LogP contribution in [0.3, 0.4) is 0 Å². The Balaban J connectivity index is 0.000000325. The Labute approximate surface area is 93.0 Å². The molecule has 0 unspecified atom stereocenters. The van der Waals surface area contributed by atoms with Gasteiger partial charge in [-0.15, -0.1) is 0 Å². The van der Waals surface area contributed by atoms with Crippen LogP contribution in [0.1, 0.15) is 19.8 Å². The molecule has 1 heterocycles. The van der Waals surface area contributed by atoms with E-state index in [1.165, 1.54) is 12.8 Å². The summed E-state index contributed by atoms with van der Waals surface area (Å²) in [6.45, 7) is 3.36. The Kier molecular flexibility index (Phi) is 5.41. The predicted octanol–water partition coefficient (Wildman–Crippen LogP) is 1.14. The van der Waals surface area contributed by atoms with E-state index in [0.29, 0.717) is 0 Å². The van der Waals surface area contributed by atoms with E-state index < -0.39 is 7.91 Å². The van der Waals surface area contributed by atoms with Crippen LogP contribution in [-0.4, -0.2) is 19.2 Å². The third-order valence-electron chi connectivity index (χ3n) is 1.59. The fraction of sp³-hybridized carbons (Fsp3) is 0.625. The second kappa shape index (κ2) is 5.63. The summed E-state index contributed by atoms with van der Waals surface area (Å²) < 4.78 is 25.3. The summed E-state index contributed by atoms with van der Waals surface area (Å²) in [7, 11) is -5.01. The van der Waals surface area contributed by atoms with Gasteiger partial charge in [0.05, 0.1) is 13.6 Å². The van der Waals surface area contributed by atoms with Crippen molar-refractivity contribution in [2.75, 3.05) is 0 Å². The Morgan fingerprint density at radius 2 is 1.81 bits per heavy atom. The maximum absolute atomic E-state index is 10.5. The van der Waals surface area contributed by atoms with E-state index in [-0.39, 0.29) is 0 Å². The van der Waals surface area contributed by atoms with Crippen LogP contribution >= 0.6 is 7.91 Å². The van der Waals surface area contributed by atoms with Crippen molar-refractivity contribution in [3.05, 3.63) is 18.7 Å². The van der Waals surface area contributed by atoms with Crippen LogP contribution in [0, 0.1) is 0 Å². The van der Waals surface area contributed by atoms with Gasteiger partial charge in [0, 0.05) is 0 Å². The van der Waals surface area contributed by atoms with Crippen LogP contribution in [0.25, 0.3) is 0 Å². The Bertz CT molecular complexity index is 306. The van der Waals surface area contributed by atoms with E-state index in [1.54, 1.807) is 0 Å². The number of aromatic nitrogens is 2. The second-order valence-electron chi connectivity index (χ2n) is 3.46. The summed E-state index contributed by atoms with van der Waals surface area (Å²) in [4.78, 5) is 20.7. The van der Waals surface area contributed by atoms with Crippen molar-refractivity contribution in [2.45, 2.75) is 26.3 Å². The van der Waals surface area contributed by atoms with Gasteiger partial charge in [0.15, 0.2) is 0 Å². The van der Waals surface area contributed by atoms with Gasteiger partial charge in [-0.2, -0.15) is 0 Å². The molecule has 5 nitrogen and oxygen atoms in total. The molecule has 0 aliphatic carbocycles. The molecule has 0 bridgehead atoms. The zero-order chi connectivity index (χ0) is 12.8. The third kappa shape index (κ3) is 13.4. The normalized spacial score (nSPS) is 13.6. The number of imidazole rings is 1. The van der Waals surface area contributed by atoms with Gasteiger partial charge in [-0.05, 0) is 6.42 Å². The van der Waals surface area contributed by atoms with E-state index >= 15 is 0 Å². The van der Waals surface area contributed by atoms with Gasteiger partial charge < -0.3 is 0 Å². The molecule has 1 aromatic heterocycles. The zero-order valence-corrected chi connectivity index (χ0v) is 10.2. The van der Waals surface area contributed by atoms with Gasteiger partial charge in [0.2, 0.25) is 6.33 Å². The molecule has 0 saturated heterocycles. The van der Waals surface area contributed by atoms with Gasteiger partial charge in [-0.1, -0.05) is 13.3 Å². The molecule has 0 radical (unpaired) electrons. The molecular weight excluding hydrogens is 241 g/mol. The quantitative estimate of drug-likeness (QED) is 0.563. The fourth-order valence-corrected chi connectivity index (χ4v) is 0.975. The summed E-state index contributed by atoms with van der Waals surface area (Å²) in [5.74, 6) is 0. The Hall–Kier alpha value is -0.620. The molecule has 0 atom stereocenters. The van der Waals surface area contributed by atoms with E-state index in [9.17, 15) is 8.39 Å². The molecule has 1 aromatic rings. The van der Waals surface area contributed by atoms with Crippen LogP contribution in [0.2, 0.25) is 0 Å². The predicted molar refractivity (Wildman–Crippen MR) is 56.3 cm³/mol. The molecule has 0 saturated carbocycles. The number of hydrogen-bond donors (Lipinski definition) is 3. The molecule has 0 fully saturated rings. The van der Waals surface area contributed by atoms with Crippen molar-refractivity contribution in [3.63, 3.8) is 0 Å². The molecule has 3 N–H and O–H groups in total. The number of aryl methyl sites for hydroxylation is 2. The first-order chi connectivity index (χ1) is 7.06. The van der Waals surface area contributed by atoms with E-state index in [1.807, 2.05) is 7.05 Å². The second-order valence-corrected chi connectivity index (χ2v) is 5.03. The van der Waals surface area contributed by atoms with E-state index in [0.717, 1.165) is 6.54 Å². The average molecular weight is 259 g/mol. The first-order valence-corrected chi connectivity index (χ1v) is 6.65. The fourth-order valence-electron chi connectivity index (χ4n) is 0.975. The van der Waals surface area contributed by atoms with Crippen molar-refractivity contribution < 1.29 is 27.6 Å². The van der Waals surface area contributed by atoms with Crippen molar-refractivity contribution in [1.82, 2.24) is 4.57 Å². The molecule has 16 heavy (non-hydrogen) atoms. The molecule has 0 aliphatic rings. The zero-order valence-electron chi connectivity index (χ0n) is 9.29. The average Bonchev–Trinajstić information content (AvgIpc) is 2.43. The SMILES string of the molecule is CCCCn1cc[n+](C)c1.OP(O)(O)(F)F. The maximum atomic E-state index is 10.5. The molecule has 0 amide bonds. The van der Waals surface area contributed by atoms with Gasteiger partial charge >= 0.3 is 31.0 Å². The van der Waals surface area contributed by atoms with Crippen molar-refractivity contribution >= 4 is 7.91 Å². The molecule has 8 heteroatoms. The van der Waals surface area contributed by atoms with E-state index in [2.05, 4.69) is 34.8 Å². The summed E-state index contributed by atoms with van der Waals surface area (Å²) in [6.07, 6.45) is 8.82. The summed E-state index contributed by atoms with van der Waals surface area (Å²) in [6, 6.07) is 0. The van der Waals surface area contributed by atoms with Crippen molar-refractivity contribution in [3.8, 4) is 0 Å². The van der Waals surface area contributed by atoms with Gasteiger partial charge in [0.25, 0.3) is 0 Å². The number of nitrogens with zero attached hydrogens (tertiary/aromatic N) is 2. The molecule has 0 aromatic carbocycles. The van der Waals surface area contributed by atoms with Crippen LogP contribution in [-0.2, 0) is 13.6 Å². The van der Waals surface area contributed by atoms with Gasteiger partial charge in [-0.3, -0.25) is 0 Å². The standard InChI is InChI=1S/C8H15N2.F2H3O3P/c1-3-4-5-10-7-6-9(2)8-10;1-6(2,3,4)5/h6-8H,3-5H2,1-2H3;3-5H/q+1;. The summed E-state index contributed by atoms with van der Waals surface area (Å²) >= 11 is 0. The molecule has 1 rings (SSSR count). The summed E-state index contributed by atoms with van der Waals surface area (Å²) in [5, 5.41) is 0. The number of rotatable bonds is 3. The molecule has 96 valence electrons. The Morgan fingerprint density at radius 3 is 2.12 bits per heavy atom. The third-order valence-corrected chi connectivity index (χ3v) is 1.59. The van der Waals surface area contributed by atoms with Crippen LogP contribution in [0.4, 0.5) is 8.39 Å². The monoisotopic (exact) mass is 259 g/mol. The first kappa shape index (κ1) is 15.4. The first-order valence-electron chi connectivity index (χ1n) is 4.77. The molecular formula is C8H18F2N2O3P+.